The van der Waals surface area contributed by atoms with Crippen molar-refractivity contribution < 1.29 is 9.53 Å². The molecule has 4 nitrogen and oxygen atoms in total. The van der Waals surface area contributed by atoms with E-state index in [9.17, 15) is 4.79 Å². The monoisotopic (exact) mass is 208 g/mol. The van der Waals surface area contributed by atoms with Gasteiger partial charge in [0.1, 0.15) is 0 Å². The van der Waals surface area contributed by atoms with Crippen LogP contribution in [0.15, 0.2) is 24.5 Å². The lowest BCUT2D eigenvalue weighted by Crippen LogP contribution is -2.33. The molecule has 1 rings (SSSR count). The van der Waals surface area contributed by atoms with Gasteiger partial charge in [-0.25, -0.2) is 0 Å². The van der Waals surface area contributed by atoms with Gasteiger partial charge in [-0.2, -0.15) is 0 Å². The Balaban J connectivity index is 2.42. The summed E-state index contributed by atoms with van der Waals surface area (Å²) in [6.45, 7) is 2.60. The molecule has 0 spiro atoms. The molecule has 0 aliphatic carbocycles. The van der Waals surface area contributed by atoms with Crippen LogP contribution in [0.25, 0.3) is 0 Å². The lowest BCUT2D eigenvalue weighted by atomic mass is 10.2. The molecule has 0 bridgehead atoms. The van der Waals surface area contributed by atoms with Crippen LogP contribution in [-0.4, -0.2) is 30.6 Å². The Hall–Kier alpha value is -1.42. The van der Waals surface area contributed by atoms with Gasteiger partial charge in [-0.15, -0.1) is 0 Å². The maximum absolute atomic E-state index is 11.6. The van der Waals surface area contributed by atoms with Gasteiger partial charge in [0.25, 0.3) is 5.91 Å². The summed E-state index contributed by atoms with van der Waals surface area (Å²) in [6, 6.07) is 3.60. The third-order valence-electron chi connectivity index (χ3n) is 2.06. The first-order valence-corrected chi connectivity index (χ1v) is 4.94. The molecule has 4 heteroatoms. The number of nitrogens with zero attached hydrogens (tertiary/aromatic N) is 1. The Bertz CT molecular complexity index is 301. The van der Waals surface area contributed by atoms with Crippen molar-refractivity contribution >= 4 is 5.91 Å². The smallest absolute Gasteiger partial charge is 0.253 e. The van der Waals surface area contributed by atoms with Crippen molar-refractivity contribution in [3.8, 4) is 0 Å². The predicted octanol–water partition coefficient (Wildman–Crippen LogP) is 1.24. The van der Waals surface area contributed by atoms with Crippen LogP contribution in [0.1, 0.15) is 23.7 Å². The van der Waals surface area contributed by atoms with Gasteiger partial charge in [0.2, 0.25) is 0 Å². The maximum Gasteiger partial charge on any atom is 0.253 e. The normalized spacial score (nSPS) is 12.1. The number of rotatable bonds is 5. The van der Waals surface area contributed by atoms with Crippen LogP contribution >= 0.6 is 0 Å². The van der Waals surface area contributed by atoms with Crippen molar-refractivity contribution in [2.45, 2.75) is 19.4 Å². The van der Waals surface area contributed by atoms with Gasteiger partial charge in [-0.3, -0.25) is 9.78 Å². The Morgan fingerprint density at radius 1 is 1.67 bits per heavy atom. The number of methoxy groups -OCH3 is 1. The van der Waals surface area contributed by atoms with E-state index in [1.54, 1.807) is 31.6 Å². The van der Waals surface area contributed by atoms with E-state index in [2.05, 4.69) is 10.3 Å². The van der Waals surface area contributed by atoms with Gasteiger partial charge in [0.15, 0.2) is 0 Å². The highest BCUT2D eigenvalue weighted by atomic mass is 16.5. The SMILES string of the molecule is COCCC(C)NC(=O)c1cccnc1. The molecule has 0 radical (unpaired) electrons. The van der Waals surface area contributed by atoms with Gasteiger partial charge in [-0.05, 0) is 25.5 Å². The van der Waals surface area contributed by atoms with Crippen LogP contribution in [0.4, 0.5) is 0 Å². The molecule has 0 saturated carbocycles. The van der Waals surface area contributed by atoms with Crippen LogP contribution in [0, 0.1) is 0 Å². The average Bonchev–Trinajstić information content (AvgIpc) is 2.27. The van der Waals surface area contributed by atoms with Crippen LogP contribution in [0.5, 0.6) is 0 Å². The molecule has 15 heavy (non-hydrogen) atoms. The van der Waals surface area contributed by atoms with E-state index in [-0.39, 0.29) is 11.9 Å². The largest absolute Gasteiger partial charge is 0.385 e. The summed E-state index contributed by atoms with van der Waals surface area (Å²) in [4.78, 5) is 15.5. The first kappa shape index (κ1) is 11.7. The summed E-state index contributed by atoms with van der Waals surface area (Å²) in [7, 11) is 1.65. The van der Waals surface area contributed by atoms with E-state index in [0.29, 0.717) is 12.2 Å². The molecule has 0 saturated heterocycles. The Morgan fingerprint density at radius 3 is 3.07 bits per heavy atom. The molecule has 1 unspecified atom stereocenters. The van der Waals surface area contributed by atoms with E-state index in [1.165, 1.54) is 0 Å². The zero-order valence-electron chi connectivity index (χ0n) is 9.06. The highest BCUT2D eigenvalue weighted by Gasteiger charge is 2.08. The van der Waals surface area contributed by atoms with Crippen molar-refractivity contribution in [2.75, 3.05) is 13.7 Å². The average molecular weight is 208 g/mol. The third-order valence-corrected chi connectivity index (χ3v) is 2.06. The van der Waals surface area contributed by atoms with Gasteiger partial charge in [0.05, 0.1) is 5.56 Å². The molecule has 0 aliphatic heterocycles. The molecule has 1 atom stereocenters. The molecular formula is C11H16N2O2. The second kappa shape index (κ2) is 6.14. The highest BCUT2D eigenvalue weighted by molar-refractivity contribution is 5.93. The number of ether oxygens (including phenoxy) is 1. The van der Waals surface area contributed by atoms with Crippen LogP contribution in [0.3, 0.4) is 0 Å². The summed E-state index contributed by atoms with van der Waals surface area (Å²) < 4.78 is 4.94. The molecule has 1 aromatic rings. The van der Waals surface area contributed by atoms with Crippen molar-refractivity contribution in [3.05, 3.63) is 30.1 Å². The third kappa shape index (κ3) is 4.08. The van der Waals surface area contributed by atoms with Crippen LogP contribution in [0.2, 0.25) is 0 Å². The number of hydrogen-bond donors (Lipinski definition) is 1. The lowest BCUT2D eigenvalue weighted by Gasteiger charge is -2.12. The molecule has 1 N–H and O–H groups in total. The fourth-order valence-corrected chi connectivity index (χ4v) is 1.17. The van der Waals surface area contributed by atoms with Crippen LogP contribution < -0.4 is 5.32 Å². The van der Waals surface area contributed by atoms with Gasteiger partial charge >= 0.3 is 0 Å². The second-order valence-corrected chi connectivity index (χ2v) is 3.40. The number of carbonyl (C=O) groups is 1. The Kier molecular flexibility index (Phi) is 4.77. The number of hydrogen-bond acceptors (Lipinski definition) is 3. The minimum Gasteiger partial charge on any atom is -0.385 e. The second-order valence-electron chi connectivity index (χ2n) is 3.40. The molecule has 1 aromatic heterocycles. The first-order valence-electron chi connectivity index (χ1n) is 4.94. The zero-order valence-corrected chi connectivity index (χ0v) is 9.06. The lowest BCUT2D eigenvalue weighted by molar-refractivity contribution is 0.0929. The standard InChI is InChI=1S/C11H16N2O2/c1-9(5-7-15-2)13-11(14)10-4-3-6-12-8-10/h3-4,6,8-9H,5,7H2,1-2H3,(H,13,14). The minimum absolute atomic E-state index is 0.0910. The summed E-state index contributed by atoms with van der Waals surface area (Å²) in [5.74, 6) is -0.0910. The Labute approximate surface area is 89.7 Å². The first-order chi connectivity index (χ1) is 7.24. The van der Waals surface area contributed by atoms with E-state index in [4.69, 9.17) is 4.74 Å². The topological polar surface area (TPSA) is 51.2 Å². The quantitative estimate of drug-likeness (QED) is 0.792. The van der Waals surface area contributed by atoms with Crippen LogP contribution in [-0.2, 0) is 4.74 Å². The molecule has 0 aliphatic rings. The number of carbonyl (C=O) groups excluding carboxylic acids is 1. The zero-order chi connectivity index (χ0) is 11.1. The van der Waals surface area contributed by atoms with Crippen molar-refractivity contribution in [3.63, 3.8) is 0 Å². The molecular weight excluding hydrogens is 192 g/mol. The number of nitrogens with one attached hydrogen (secondary N) is 1. The molecule has 1 amide bonds. The maximum atomic E-state index is 11.6. The summed E-state index contributed by atoms with van der Waals surface area (Å²) in [5.41, 5.74) is 0.585. The number of aromatic nitrogens is 1. The van der Waals surface area contributed by atoms with Crippen molar-refractivity contribution in [2.24, 2.45) is 0 Å². The van der Waals surface area contributed by atoms with Crippen molar-refractivity contribution in [1.29, 1.82) is 0 Å². The fourth-order valence-electron chi connectivity index (χ4n) is 1.17. The molecule has 0 fully saturated rings. The molecule has 82 valence electrons. The van der Waals surface area contributed by atoms with Gasteiger partial charge in [-0.1, -0.05) is 0 Å². The van der Waals surface area contributed by atoms with Gasteiger partial charge in [0, 0.05) is 32.2 Å². The minimum atomic E-state index is -0.0910. The van der Waals surface area contributed by atoms with E-state index in [1.807, 2.05) is 6.92 Å². The summed E-state index contributed by atoms with van der Waals surface area (Å²) in [6.07, 6.45) is 4.01. The van der Waals surface area contributed by atoms with Crippen molar-refractivity contribution in [1.82, 2.24) is 10.3 Å². The predicted molar refractivity (Wildman–Crippen MR) is 57.7 cm³/mol. The number of amides is 1. The van der Waals surface area contributed by atoms with Gasteiger partial charge < -0.3 is 10.1 Å². The summed E-state index contributed by atoms with van der Waals surface area (Å²) >= 11 is 0. The van der Waals surface area contributed by atoms with E-state index in [0.717, 1.165) is 6.42 Å². The molecule has 1 heterocycles. The fraction of sp³-hybridized carbons (Fsp3) is 0.455. The van der Waals surface area contributed by atoms with E-state index < -0.39 is 0 Å². The Morgan fingerprint density at radius 2 is 2.47 bits per heavy atom. The summed E-state index contributed by atoms with van der Waals surface area (Å²) in [5, 5.41) is 2.87. The molecule has 0 aromatic carbocycles. The number of pyridine rings is 1. The van der Waals surface area contributed by atoms with E-state index >= 15 is 0 Å². The highest BCUT2D eigenvalue weighted by Crippen LogP contribution is 1.98.